The van der Waals surface area contributed by atoms with Gasteiger partial charge in [0.1, 0.15) is 12.4 Å². The maximum atomic E-state index is 10.3. The lowest BCUT2D eigenvalue weighted by Crippen LogP contribution is -2.11. The predicted molar refractivity (Wildman–Crippen MR) is 63.3 cm³/mol. The number of nitrogens with one attached hydrogen (secondary N) is 1. The number of anilines is 1. The van der Waals surface area contributed by atoms with Gasteiger partial charge in [0.05, 0.1) is 17.9 Å². The van der Waals surface area contributed by atoms with Crippen LogP contribution in [0.1, 0.15) is 17.2 Å². The minimum atomic E-state index is -0.146. The third kappa shape index (κ3) is 2.44. The quantitative estimate of drug-likeness (QED) is 0.760. The van der Waals surface area contributed by atoms with Gasteiger partial charge in [-0.25, -0.2) is 4.98 Å². The zero-order valence-electron chi connectivity index (χ0n) is 9.17. The average Bonchev–Trinajstić information content (AvgIpc) is 2.78. The first-order valence-electron chi connectivity index (χ1n) is 5.22. The maximum Gasteiger partial charge on any atom is 0.293 e. The number of rotatable bonds is 5. The Morgan fingerprint density at radius 2 is 2.18 bits per heavy atom. The molecule has 1 aromatic carbocycles. The first kappa shape index (κ1) is 11.2. The first-order chi connectivity index (χ1) is 8.33. The summed E-state index contributed by atoms with van der Waals surface area (Å²) in [6.07, 6.45) is 1.53. The monoisotopic (exact) mass is 231 g/mol. The molecule has 2 rings (SSSR count). The Hall–Kier alpha value is -2.30. The molecule has 1 aromatic heterocycles. The molecule has 0 aliphatic rings. The van der Waals surface area contributed by atoms with E-state index in [2.05, 4.69) is 9.97 Å². The molecule has 0 aliphatic carbocycles. The molecule has 0 amide bonds. The number of hydrogen-bond acceptors (Lipinski definition) is 4. The topological polar surface area (TPSA) is 81.0 Å². The van der Waals surface area contributed by atoms with Gasteiger partial charge in [-0.2, -0.15) is 0 Å². The van der Waals surface area contributed by atoms with Gasteiger partial charge in [0, 0.05) is 0 Å². The zero-order valence-corrected chi connectivity index (χ0v) is 9.17. The molecule has 0 aliphatic heterocycles. The third-order valence-corrected chi connectivity index (χ3v) is 2.56. The molecule has 0 spiro atoms. The third-order valence-electron chi connectivity index (χ3n) is 2.56. The van der Waals surface area contributed by atoms with Crippen LogP contribution in [0.25, 0.3) is 0 Å². The highest BCUT2D eigenvalue weighted by Crippen LogP contribution is 2.26. The van der Waals surface area contributed by atoms with Gasteiger partial charge in [-0.15, -0.1) is 0 Å². The van der Waals surface area contributed by atoms with E-state index in [4.69, 9.17) is 10.5 Å². The molecule has 2 aromatic rings. The predicted octanol–water partition coefficient (Wildman–Crippen LogP) is 1.30. The summed E-state index contributed by atoms with van der Waals surface area (Å²) in [5.41, 5.74) is 7.49. The summed E-state index contributed by atoms with van der Waals surface area (Å²) < 4.78 is 4.84. The van der Waals surface area contributed by atoms with Crippen LogP contribution in [0.2, 0.25) is 0 Å². The van der Waals surface area contributed by atoms with Crippen LogP contribution in [0.3, 0.4) is 0 Å². The summed E-state index contributed by atoms with van der Waals surface area (Å²) in [5, 5.41) is 0. The van der Waals surface area contributed by atoms with Crippen molar-refractivity contribution in [3.8, 4) is 0 Å². The number of carbonyl (C=O) groups is 1. The Labute approximate surface area is 98.6 Å². The number of hydrogen-bond donors (Lipinski definition) is 2. The fraction of sp³-hybridized carbons (Fsp3) is 0.167. The molecule has 1 unspecified atom stereocenters. The number of H-pyrrole nitrogens is 1. The summed E-state index contributed by atoms with van der Waals surface area (Å²) in [6, 6.07) is 9.67. The molecule has 5 nitrogen and oxygen atoms in total. The Morgan fingerprint density at radius 3 is 2.76 bits per heavy atom. The second-order valence-corrected chi connectivity index (χ2v) is 3.59. The summed E-state index contributed by atoms with van der Waals surface area (Å²) in [7, 11) is 0. The van der Waals surface area contributed by atoms with E-state index in [-0.39, 0.29) is 12.5 Å². The molecule has 0 fully saturated rings. The number of aromatic amines is 1. The van der Waals surface area contributed by atoms with E-state index in [1.165, 1.54) is 6.33 Å². The maximum absolute atomic E-state index is 10.3. The van der Waals surface area contributed by atoms with Gasteiger partial charge in [0.2, 0.25) is 0 Å². The van der Waals surface area contributed by atoms with Crippen LogP contribution >= 0.6 is 0 Å². The fourth-order valence-corrected chi connectivity index (χ4v) is 1.75. The lowest BCUT2D eigenvalue weighted by molar-refractivity contribution is -0.128. The first-order valence-corrected chi connectivity index (χ1v) is 5.22. The molecular formula is C12H13N3O2. The normalized spacial score (nSPS) is 12.0. The standard InChI is InChI=1S/C12H13N3O2/c13-12-11(14-7-15-12)10(6-17-8-16)9-4-2-1-3-5-9/h1-5,7-8,10H,6,13H2,(H,14,15). The highest BCUT2D eigenvalue weighted by atomic mass is 16.5. The molecule has 3 N–H and O–H groups in total. The van der Waals surface area contributed by atoms with Crippen LogP contribution in [-0.2, 0) is 9.53 Å². The Morgan fingerprint density at radius 1 is 1.41 bits per heavy atom. The fourth-order valence-electron chi connectivity index (χ4n) is 1.75. The van der Waals surface area contributed by atoms with Gasteiger partial charge in [0.15, 0.2) is 0 Å². The van der Waals surface area contributed by atoms with Crippen LogP contribution in [0.4, 0.5) is 5.82 Å². The Bertz CT molecular complexity index is 482. The van der Waals surface area contributed by atoms with E-state index >= 15 is 0 Å². The van der Waals surface area contributed by atoms with Crippen molar-refractivity contribution in [1.82, 2.24) is 9.97 Å². The average molecular weight is 231 g/mol. The van der Waals surface area contributed by atoms with Crippen molar-refractivity contribution in [2.75, 3.05) is 12.3 Å². The summed E-state index contributed by atoms with van der Waals surface area (Å²) in [6.45, 7) is 0.654. The number of nitrogen functional groups attached to an aromatic ring is 1. The summed E-state index contributed by atoms with van der Waals surface area (Å²) in [5.74, 6) is 0.348. The van der Waals surface area contributed by atoms with Crippen LogP contribution in [0.5, 0.6) is 0 Å². The number of nitrogens with two attached hydrogens (primary N) is 1. The zero-order chi connectivity index (χ0) is 12.1. The van der Waals surface area contributed by atoms with E-state index in [0.717, 1.165) is 5.56 Å². The van der Waals surface area contributed by atoms with Crippen molar-refractivity contribution < 1.29 is 9.53 Å². The molecule has 1 atom stereocenters. The van der Waals surface area contributed by atoms with Crippen molar-refractivity contribution in [1.29, 1.82) is 0 Å². The Balaban J connectivity index is 2.32. The smallest absolute Gasteiger partial charge is 0.293 e. The lowest BCUT2D eigenvalue weighted by atomic mass is 9.96. The highest BCUT2D eigenvalue weighted by molar-refractivity contribution is 5.43. The van der Waals surface area contributed by atoms with Crippen molar-refractivity contribution in [2.45, 2.75) is 5.92 Å². The molecule has 0 saturated carbocycles. The molecule has 17 heavy (non-hydrogen) atoms. The number of carbonyl (C=O) groups excluding carboxylic acids is 1. The number of ether oxygens (including phenoxy) is 1. The molecule has 0 radical (unpaired) electrons. The highest BCUT2D eigenvalue weighted by Gasteiger charge is 2.19. The lowest BCUT2D eigenvalue weighted by Gasteiger charge is -2.14. The van der Waals surface area contributed by atoms with E-state index < -0.39 is 0 Å². The molecule has 5 heteroatoms. The van der Waals surface area contributed by atoms with Gasteiger partial charge in [-0.05, 0) is 5.56 Å². The van der Waals surface area contributed by atoms with Crippen molar-refractivity contribution in [2.24, 2.45) is 0 Å². The van der Waals surface area contributed by atoms with Crippen molar-refractivity contribution in [3.63, 3.8) is 0 Å². The van der Waals surface area contributed by atoms with Crippen LogP contribution in [-0.4, -0.2) is 23.0 Å². The minimum absolute atomic E-state index is 0.146. The molecule has 88 valence electrons. The van der Waals surface area contributed by atoms with Crippen molar-refractivity contribution in [3.05, 3.63) is 47.9 Å². The number of nitrogens with zero attached hydrogens (tertiary/aromatic N) is 1. The van der Waals surface area contributed by atoms with E-state index in [0.29, 0.717) is 18.0 Å². The number of imidazole rings is 1. The second kappa shape index (κ2) is 5.16. The van der Waals surface area contributed by atoms with E-state index in [1.54, 1.807) is 0 Å². The molecule has 0 bridgehead atoms. The van der Waals surface area contributed by atoms with Crippen LogP contribution < -0.4 is 5.73 Å². The van der Waals surface area contributed by atoms with E-state index in [1.807, 2.05) is 30.3 Å². The van der Waals surface area contributed by atoms with Crippen LogP contribution in [0, 0.1) is 0 Å². The largest absolute Gasteiger partial charge is 0.467 e. The van der Waals surface area contributed by atoms with Gasteiger partial charge in [0.25, 0.3) is 6.47 Å². The second-order valence-electron chi connectivity index (χ2n) is 3.59. The van der Waals surface area contributed by atoms with E-state index in [9.17, 15) is 4.79 Å². The minimum Gasteiger partial charge on any atom is -0.467 e. The number of aromatic nitrogens is 2. The van der Waals surface area contributed by atoms with Gasteiger partial charge >= 0.3 is 0 Å². The van der Waals surface area contributed by atoms with Gasteiger partial charge in [-0.3, -0.25) is 4.79 Å². The Kier molecular flexibility index (Phi) is 3.40. The SMILES string of the molecule is Nc1[nH]cnc1C(COC=O)c1ccccc1. The molecule has 1 heterocycles. The van der Waals surface area contributed by atoms with Gasteiger partial charge < -0.3 is 15.5 Å². The van der Waals surface area contributed by atoms with Crippen LogP contribution in [0.15, 0.2) is 36.7 Å². The summed E-state index contributed by atoms with van der Waals surface area (Å²) in [4.78, 5) is 17.3. The molecule has 0 saturated heterocycles. The number of benzene rings is 1. The molecular weight excluding hydrogens is 218 g/mol. The van der Waals surface area contributed by atoms with Gasteiger partial charge in [-0.1, -0.05) is 30.3 Å². The van der Waals surface area contributed by atoms with Crippen molar-refractivity contribution >= 4 is 12.3 Å². The summed E-state index contributed by atoms with van der Waals surface area (Å²) >= 11 is 0.